The van der Waals surface area contributed by atoms with E-state index in [0.29, 0.717) is 10.6 Å². The summed E-state index contributed by atoms with van der Waals surface area (Å²) in [7, 11) is 0. The van der Waals surface area contributed by atoms with Gasteiger partial charge in [0.1, 0.15) is 0 Å². The minimum Gasteiger partial charge on any atom is -0.269 e. The standard InChI is InChI=1S/C11H9Cl2NO2/c1-2-6-14(11(13)16)10(15)8-4-3-5-9(12)7-8/h2-5,7H,1,6H2. The number of nitrogens with zero attached hydrogens (tertiary/aromatic N) is 1. The molecular weight excluding hydrogens is 249 g/mol. The topological polar surface area (TPSA) is 37.4 Å². The van der Waals surface area contributed by atoms with E-state index in [1.165, 1.54) is 12.1 Å². The molecule has 0 aliphatic heterocycles. The molecule has 0 radical (unpaired) electrons. The molecule has 84 valence electrons. The normalized spacial score (nSPS) is 9.62. The molecule has 0 fully saturated rings. The summed E-state index contributed by atoms with van der Waals surface area (Å²) in [5.41, 5.74) is 0.309. The first-order chi connectivity index (χ1) is 7.56. The van der Waals surface area contributed by atoms with Crippen LogP contribution in [-0.4, -0.2) is 22.7 Å². The van der Waals surface area contributed by atoms with Crippen molar-refractivity contribution in [1.29, 1.82) is 0 Å². The van der Waals surface area contributed by atoms with Crippen LogP contribution in [0, 0.1) is 0 Å². The fraction of sp³-hybridized carbons (Fsp3) is 0.0909. The Morgan fingerprint density at radius 2 is 2.12 bits per heavy atom. The van der Waals surface area contributed by atoms with Crippen molar-refractivity contribution in [3.63, 3.8) is 0 Å². The molecular formula is C11H9Cl2NO2. The van der Waals surface area contributed by atoms with Crippen molar-refractivity contribution >= 4 is 34.5 Å². The molecule has 0 atom stereocenters. The molecule has 0 unspecified atom stereocenters. The molecule has 16 heavy (non-hydrogen) atoms. The summed E-state index contributed by atoms with van der Waals surface area (Å²) in [6, 6.07) is 6.29. The Labute approximate surface area is 103 Å². The maximum Gasteiger partial charge on any atom is 0.323 e. The van der Waals surface area contributed by atoms with Crippen LogP contribution in [0.3, 0.4) is 0 Å². The first-order valence-electron chi connectivity index (χ1n) is 4.44. The van der Waals surface area contributed by atoms with Crippen LogP contribution in [0.5, 0.6) is 0 Å². The van der Waals surface area contributed by atoms with Crippen LogP contribution in [0.1, 0.15) is 10.4 Å². The van der Waals surface area contributed by atoms with Gasteiger partial charge in [-0.05, 0) is 29.8 Å². The van der Waals surface area contributed by atoms with Gasteiger partial charge in [-0.15, -0.1) is 6.58 Å². The third-order valence-electron chi connectivity index (χ3n) is 1.84. The first-order valence-corrected chi connectivity index (χ1v) is 5.19. The molecule has 0 saturated carbocycles. The third-order valence-corrected chi connectivity index (χ3v) is 2.28. The van der Waals surface area contributed by atoms with Gasteiger partial charge in [0.2, 0.25) is 0 Å². The Bertz CT molecular complexity index is 432. The minimum absolute atomic E-state index is 0.0632. The van der Waals surface area contributed by atoms with Crippen molar-refractivity contribution < 1.29 is 9.59 Å². The Kier molecular flexibility index (Phi) is 4.52. The molecule has 0 aromatic heterocycles. The summed E-state index contributed by atoms with van der Waals surface area (Å²) in [5.74, 6) is -0.498. The first kappa shape index (κ1) is 12.7. The lowest BCUT2D eigenvalue weighted by Gasteiger charge is -2.15. The molecule has 0 bridgehead atoms. The molecule has 5 heteroatoms. The number of hydrogen-bond acceptors (Lipinski definition) is 2. The Morgan fingerprint density at radius 1 is 1.44 bits per heavy atom. The van der Waals surface area contributed by atoms with Crippen LogP contribution in [-0.2, 0) is 0 Å². The lowest BCUT2D eigenvalue weighted by Crippen LogP contribution is -2.33. The zero-order chi connectivity index (χ0) is 12.1. The summed E-state index contributed by atoms with van der Waals surface area (Å²) in [6.07, 6.45) is 1.42. The summed E-state index contributed by atoms with van der Waals surface area (Å²) in [6.45, 7) is 3.51. The molecule has 0 heterocycles. The van der Waals surface area contributed by atoms with Gasteiger partial charge in [-0.2, -0.15) is 0 Å². The van der Waals surface area contributed by atoms with Gasteiger partial charge in [0.25, 0.3) is 5.91 Å². The number of benzene rings is 1. The Balaban J connectivity index is 2.98. The van der Waals surface area contributed by atoms with E-state index in [0.717, 1.165) is 4.90 Å². The van der Waals surface area contributed by atoms with E-state index in [2.05, 4.69) is 6.58 Å². The number of hydrogen-bond donors (Lipinski definition) is 0. The molecule has 1 aromatic rings. The van der Waals surface area contributed by atoms with Crippen molar-refractivity contribution in [2.45, 2.75) is 0 Å². The maximum atomic E-state index is 11.8. The second-order valence-electron chi connectivity index (χ2n) is 2.97. The van der Waals surface area contributed by atoms with Crippen molar-refractivity contribution in [3.05, 3.63) is 47.5 Å². The molecule has 0 aliphatic rings. The second kappa shape index (κ2) is 5.68. The molecule has 0 aliphatic carbocycles. The van der Waals surface area contributed by atoms with Crippen molar-refractivity contribution in [2.24, 2.45) is 0 Å². The van der Waals surface area contributed by atoms with E-state index in [1.807, 2.05) is 0 Å². The Hall–Kier alpha value is -1.32. The van der Waals surface area contributed by atoms with Crippen LogP contribution in [0.25, 0.3) is 0 Å². The zero-order valence-corrected chi connectivity index (χ0v) is 9.83. The summed E-state index contributed by atoms with van der Waals surface area (Å²) < 4.78 is 0. The predicted molar refractivity (Wildman–Crippen MR) is 63.9 cm³/mol. The third kappa shape index (κ3) is 3.08. The van der Waals surface area contributed by atoms with Crippen LogP contribution in [0.15, 0.2) is 36.9 Å². The van der Waals surface area contributed by atoms with Gasteiger partial charge in [0.05, 0.1) is 0 Å². The number of halogens is 2. The van der Waals surface area contributed by atoms with Crippen molar-refractivity contribution in [1.82, 2.24) is 4.90 Å². The van der Waals surface area contributed by atoms with Gasteiger partial charge in [0, 0.05) is 17.1 Å². The quantitative estimate of drug-likeness (QED) is 0.473. The monoisotopic (exact) mass is 257 g/mol. The molecule has 2 amide bonds. The maximum absolute atomic E-state index is 11.8. The van der Waals surface area contributed by atoms with Gasteiger partial charge >= 0.3 is 5.37 Å². The smallest absolute Gasteiger partial charge is 0.269 e. The fourth-order valence-corrected chi connectivity index (χ4v) is 1.48. The second-order valence-corrected chi connectivity index (χ2v) is 3.73. The van der Waals surface area contributed by atoms with Crippen LogP contribution >= 0.6 is 23.2 Å². The van der Waals surface area contributed by atoms with Crippen LogP contribution in [0.2, 0.25) is 5.02 Å². The summed E-state index contributed by atoms with van der Waals surface area (Å²) in [5, 5.41) is -0.420. The average molecular weight is 258 g/mol. The molecule has 1 rings (SSSR count). The number of rotatable bonds is 3. The van der Waals surface area contributed by atoms with Crippen LogP contribution in [0.4, 0.5) is 4.79 Å². The molecule has 0 spiro atoms. The molecule has 0 N–H and O–H groups in total. The summed E-state index contributed by atoms with van der Waals surface area (Å²) in [4.78, 5) is 23.7. The molecule has 3 nitrogen and oxygen atoms in total. The fourth-order valence-electron chi connectivity index (χ4n) is 1.14. The highest BCUT2D eigenvalue weighted by molar-refractivity contribution is 6.64. The highest BCUT2D eigenvalue weighted by Gasteiger charge is 2.19. The van der Waals surface area contributed by atoms with Gasteiger partial charge < -0.3 is 0 Å². The van der Waals surface area contributed by atoms with E-state index < -0.39 is 11.3 Å². The van der Waals surface area contributed by atoms with Gasteiger partial charge in [-0.25, -0.2) is 0 Å². The van der Waals surface area contributed by atoms with E-state index >= 15 is 0 Å². The lowest BCUT2D eigenvalue weighted by molar-refractivity contribution is 0.0832. The van der Waals surface area contributed by atoms with Crippen LogP contribution < -0.4 is 0 Å². The number of carbonyl (C=O) groups excluding carboxylic acids is 2. The summed E-state index contributed by atoms with van der Waals surface area (Å²) >= 11 is 11.0. The van der Waals surface area contributed by atoms with E-state index in [-0.39, 0.29) is 6.54 Å². The van der Waals surface area contributed by atoms with Crippen molar-refractivity contribution in [3.8, 4) is 0 Å². The Morgan fingerprint density at radius 3 is 2.62 bits per heavy atom. The largest absolute Gasteiger partial charge is 0.323 e. The highest BCUT2D eigenvalue weighted by Crippen LogP contribution is 2.13. The number of carbonyl (C=O) groups is 2. The SMILES string of the molecule is C=CCN(C(=O)Cl)C(=O)c1cccc(Cl)c1. The van der Waals surface area contributed by atoms with E-state index in [9.17, 15) is 9.59 Å². The van der Waals surface area contributed by atoms with E-state index in [1.54, 1.807) is 18.2 Å². The number of imide groups is 1. The highest BCUT2D eigenvalue weighted by atomic mass is 35.5. The van der Waals surface area contributed by atoms with Gasteiger partial charge in [-0.3, -0.25) is 14.5 Å². The van der Waals surface area contributed by atoms with Crippen molar-refractivity contribution in [2.75, 3.05) is 6.54 Å². The molecule has 1 aromatic carbocycles. The lowest BCUT2D eigenvalue weighted by atomic mass is 10.2. The van der Waals surface area contributed by atoms with E-state index in [4.69, 9.17) is 23.2 Å². The average Bonchev–Trinajstić information content (AvgIpc) is 2.24. The zero-order valence-electron chi connectivity index (χ0n) is 8.32. The van der Waals surface area contributed by atoms with Gasteiger partial charge in [-0.1, -0.05) is 23.7 Å². The number of amides is 2. The predicted octanol–water partition coefficient (Wildman–Crippen LogP) is 3.33. The molecule has 0 saturated heterocycles. The minimum atomic E-state index is -0.843. The van der Waals surface area contributed by atoms with Gasteiger partial charge in [0.15, 0.2) is 0 Å².